The first kappa shape index (κ1) is 14.1. The van der Waals surface area contributed by atoms with E-state index in [0.29, 0.717) is 12.1 Å². The van der Waals surface area contributed by atoms with Gasteiger partial charge >= 0.3 is 0 Å². The fourth-order valence-electron chi connectivity index (χ4n) is 2.26. The smallest absolute Gasteiger partial charge is 0.253 e. The van der Waals surface area contributed by atoms with Crippen molar-refractivity contribution in [3.8, 4) is 0 Å². The third-order valence-corrected chi connectivity index (χ3v) is 4.05. The van der Waals surface area contributed by atoms with Gasteiger partial charge in [0.1, 0.15) is 5.84 Å². The number of hydrogen-bond donors (Lipinski definition) is 2. The number of hydrogen-bond acceptors (Lipinski definition) is 3. The van der Waals surface area contributed by atoms with E-state index in [9.17, 15) is 4.79 Å². The highest BCUT2D eigenvalue weighted by molar-refractivity contribution is 14.1. The van der Waals surface area contributed by atoms with Crippen molar-refractivity contribution in [1.82, 2.24) is 4.90 Å². The Morgan fingerprint density at radius 1 is 1.42 bits per heavy atom. The minimum Gasteiger partial charge on any atom is -0.409 e. The average molecular weight is 373 g/mol. The molecule has 0 radical (unpaired) electrons. The van der Waals surface area contributed by atoms with Gasteiger partial charge in [-0.15, -0.1) is 0 Å². The summed E-state index contributed by atoms with van der Waals surface area (Å²) in [6, 6.07) is 7.49. The van der Waals surface area contributed by atoms with Crippen LogP contribution < -0.4 is 5.73 Å². The molecule has 1 atom stereocenters. The molecule has 1 heterocycles. The van der Waals surface area contributed by atoms with Gasteiger partial charge in [0.05, 0.1) is 0 Å². The molecule has 0 aromatic heterocycles. The van der Waals surface area contributed by atoms with Crippen LogP contribution in [0.4, 0.5) is 0 Å². The summed E-state index contributed by atoms with van der Waals surface area (Å²) in [4.78, 5) is 14.1. The van der Waals surface area contributed by atoms with Gasteiger partial charge in [-0.3, -0.25) is 4.79 Å². The Bertz CT molecular complexity index is 487. The zero-order valence-electron chi connectivity index (χ0n) is 10.4. The molecule has 5 nitrogen and oxygen atoms in total. The lowest BCUT2D eigenvalue weighted by molar-refractivity contribution is 0.0701. The zero-order chi connectivity index (χ0) is 13.8. The maximum absolute atomic E-state index is 12.3. The maximum atomic E-state index is 12.3. The molecule has 0 saturated carbocycles. The standard InChI is InChI=1S/C13H16IN3O2/c14-11-5-3-9(4-6-11)13(18)17-7-1-2-10(8-17)12(15)16-19/h3-6,10,19H,1-2,7-8H2,(H2,15,16). The molecule has 0 bridgehead atoms. The Balaban J connectivity index is 2.09. The average Bonchev–Trinajstić information content (AvgIpc) is 2.46. The molecule has 2 rings (SSSR count). The number of likely N-dealkylation sites (tertiary alicyclic amines) is 1. The summed E-state index contributed by atoms with van der Waals surface area (Å²) in [5.41, 5.74) is 6.31. The summed E-state index contributed by atoms with van der Waals surface area (Å²) < 4.78 is 1.10. The Kier molecular flexibility index (Phi) is 4.62. The molecule has 1 aromatic rings. The van der Waals surface area contributed by atoms with E-state index in [1.54, 1.807) is 4.90 Å². The summed E-state index contributed by atoms with van der Waals surface area (Å²) in [7, 11) is 0. The third kappa shape index (κ3) is 3.37. The lowest BCUT2D eigenvalue weighted by atomic mass is 9.96. The van der Waals surface area contributed by atoms with Gasteiger partial charge in [0.15, 0.2) is 0 Å². The van der Waals surface area contributed by atoms with Gasteiger partial charge in [0.2, 0.25) is 0 Å². The molecule has 0 spiro atoms. The molecular formula is C13H16IN3O2. The van der Waals surface area contributed by atoms with Gasteiger partial charge in [-0.05, 0) is 59.7 Å². The number of oxime groups is 1. The third-order valence-electron chi connectivity index (χ3n) is 3.33. The van der Waals surface area contributed by atoms with Gasteiger partial charge in [-0.25, -0.2) is 0 Å². The van der Waals surface area contributed by atoms with Crippen LogP contribution in [0.15, 0.2) is 29.4 Å². The molecule has 0 aliphatic carbocycles. The largest absolute Gasteiger partial charge is 0.409 e. The van der Waals surface area contributed by atoms with E-state index in [4.69, 9.17) is 10.9 Å². The summed E-state index contributed by atoms with van der Waals surface area (Å²) in [6.45, 7) is 1.24. The van der Waals surface area contributed by atoms with Crippen LogP contribution in [0.25, 0.3) is 0 Å². The van der Waals surface area contributed by atoms with Crippen LogP contribution in [0.5, 0.6) is 0 Å². The SMILES string of the molecule is NC(=NO)C1CCCN(C(=O)c2ccc(I)cc2)C1. The second-order valence-electron chi connectivity index (χ2n) is 4.62. The number of piperidine rings is 1. The minimum absolute atomic E-state index is 0.00633. The molecule has 3 N–H and O–H groups in total. The van der Waals surface area contributed by atoms with Crippen LogP contribution in [0.1, 0.15) is 23.2 Å². The number of halogens is 1. The van der Waals surface area contributed by atoms with Gasteiger partial charge in [0, 0.05) is 28.1 Å². The van der Waals surface area contributed by atoms with Gasteiger partial charge in [0.25, 0.3) is 5.91 Å². The Morgan fingerprint density at radius 2 is 2.11 bits per heavy atom. The Hall–Kier alpha value is -1.31. The van der Waals surface area contributed by atoms with E-state index < -0.39 is 0 Å². The first-order chi connectivity index (χ1) is 9.11. The Labute approximate surface area is 125 Å². The normalized spacial score (nSPS) is 20.4. The van der Waals surface area contributed by atoms with Crippen LogP contribution in [-0.4, -0.2) is 34.9 Å². The summed E-state index contributed by atoms with van der Waals surface area (Å²) in [5.74, 6) is 0.165. The van der Waals surface area contributed by atoms with Crippen molar-refractivity contribution in [1.29, 1.82) is 0 Å². The monoisotopic (exact) mass is 373 g/mol. The van der Waals surface area contributed by atoms with Crippen molar-refractivity contribution in [2.75, 3.05) is 13.1 Å². The van der Waals surface area contributed by atoms with Crippen molar-refractivity contribution < 1.29 is 10.0 Å². The van der Waals surface area contributed by atoms with Crippen molar-refractivity contribution in [3.05, 3.63) is 33.4 Å². The summed E-state index contributed by atoms with van der Waals surface area (Å²) in [5, 5.41) is 11.8. The highest BCUT2D eigenvalue weighted by atomic mass is 127. The zero-order valence-corrected chi connectivity index (χ0v) is 12.6. The first-order valence-electron chi connectivity index (χ1n) is 6.14. The van der Waals surface area contributed by atoms with Gasteiger partial charge < -0.3 is 15.8 Å². The lowest BCUT2D eigenvalue weighted by Crippen LogP contribution is -2.44. The van der Waals surface area contributed by atoms with Crippen molar-refractivity contribution in [2.24, 2.45) is 16.8 Å². The van der Waals surface area contributed by atoms with E-state index in [2.05, 4.69) is 27.7 Å². The highest BCUT2D eigenvalue weighted by Gasteiger charge is 2.26. The van der Waals surface area contributed by atoms with Gasteiger partial charge in [-0.2, -0.15) is 0 Å². The van der Waals surface area contributed by atoms with E-state index in [1.165, 1.54) is 0 Å². The van der Waals surface area contributed by atoms with Crippen molar-refractivity contribution in [3.63, 3.8) is 0 Å². The maximum Gasteiger partial charge on any atom is 0.253 e. The quantitative estimate of drug-likeness (QED) is 0.273. The number of nitrogens with zero attached hydrogens (tertiary/aromatic N) is 2. The number of amidine groups is 1. The van der Waals surface area contributed by atoms with Crippen LogP contribution in [-0.2, 0) is 0 Å². The lowest BCUT2D eigenvalue weighted by Gasteiger charge is -2.32. The Morgan fingerprint density at radius 3 is 2.74 bits per heavy atom. The topological polar surface area (TPSA) is 78.9 Å². The fourth-order valence-corrected chi connectivity index (χ4v) is 2.62. The second-order valence-corrected chi connectivity index (χ2v) is 5.87. The molecule has 1 amide bonds. The van der Waals surface area contributed by atoms with E-state index in [-0.39, 0.29) is 17.7 Å². The molecule has 19 heavy (non-hydrogen) atoms. The minimum atomic E-state index is -0.0495. The number of benzene rings is 1. The predicted octanol–water partition coefficient (Wildman–Crippen LogP) is 1.89. The first-order valence-corrected chi connectivity index (χ1v) is 7.22. The predicted molar refractivity (Wildman–Crippen MR) is 81.2 cm³/mol. The summed E-state index contributed by atoms with van der Waals surface area (Å²) in [6.07, 6.45) is 1.73. The molecule has 1 aliphatic heterocycles. The molecule has 6 heteroatoms. The number of rotatable bonds is 2. The molecule has 102 valence electrons. The number of amides is 1. The molecule has 1 fully saturated rings. The van der Waals surface area contributed by atoms with E-state index in [0.717, 1.165) is 23.0 Å². The molecule has 1 aromatic carbocycles. The second kappa shape index (κ2) is 6.23. The fraction of sp³-hybridized carbons (Fsp3) is 0.385. The highest BCUT2D eigenvalue weighted by Crippen LogP contribution is 2.19. The van der Waals surface area contributed by atoms with Crippen molar-refractivity contribution >= 4 is 34.3 Å². The van der Waals surface area contributed by atoms with E-state index >= 15 is 0 Å². The summed E-state index contributed by atoms with van der Waals surface area (Å²) >= 11 is 2.21. The molecule has 1 unspecified atom stereocenters. The number of carbonyl (C=O) groups is 1. The molecular weight excluding hydrogens is 357 g/mol. The molecule has 1 saturated heterocycles. The number of nitrogens with two attached hydrogens (primary N) is 1. The van der Waals surface area contributed by atoms with Crippen LogP contribution in [0.3, 0.4) is 0 Å². The van der Waals surface area contributed by atoms with Crippen LogP contribution >= 0.6 is 22.6 Å². The van der Waals surface area contributed by atoms with Crippen LogP contribution in [0, 0.1) is 9.49 Å². The number of carbonyl (C=O) groups excluding carboxylic acids is 1. The van der Waals surface area contributed by atoms with Crippen LogP contribution in [0.2, 0.25) is 0 Å². The molecule has 1 aliphatic rings. The van der Waals surface area contributed by atoms with E-state index in [1.807, 2.05) is 24.3 Å². The van der Waals surface area contributed by atoms with Gasteiger partial charge in [-0.1, -0.05) is 5.16 Å². The van der Waals surface area contributed by atoms with Crippen molar-refractivity contribution in [2.45, 2.75) is 12.8 Å².